The van der Waals surface area contributed by atoms with Crippen LogP contribution in [0.5, 0.6) is 5.75 Å². The molecule has 6 nitrogen and oxygen atoms in total. The molecule has 0 aliphatic carbocycles. The molecule has 2 N–H and O–H groups in total. The number of hydrogen-bond acceptors (Lipinski definition) is 4. The Morgan fingerprint density at radius 1 is 1.09 bits per heavy atom. The van der Waals surface area contributed by atoms with Crippen molar-refractivity contribution in [1.29, 1.82) is 0 Å². The molecular formula is C24H18FN3O3S. The molecule has 8 heteroatoms. The summed E-state index contributed by atoms with van der Waals surface area (Å²) in [6.45, 7) is 0. The molecule has 1 aliphatic rings. The van der Waals surface area contributed by atoms with Gasteiger partial charge in [-0.05, 0) is 72.4 Å². The minimum absolute atomic E-state index is 0.0823. The molecule has 32 heavy (non-hydrogen) atoms. The largest absolute Gasteiger partial charge is 0.497 e. The lowest BCUT2D eigenvalue weighted by Crippen LogP contribution is -2.31. The van der Waals surface area contributed by atoms with E-state index in [4.69, 9.17) is 17.0 Å². The van der Waals surface area contributed by atoms with Crippen molar-refractivity contribution in [3.8, 4) is 5.75 Å². The average molecular weight is 447 g/mol. The first-order valence-corrected chi connectivity index (χ1v) is 10.0. The zero-order chi connectivity index (χ0) is 22.7. The monoisotopic (exact) mass is 447 g/mol. The number of halogens is 1. The van der Waals surface area contributed by atoms with Crippen molar-refractivity contribution in [3.63, 3.8) is 0 Å². The van der Waals surface area contributed by atoms with E-state index in [0.717, 1.165) is 4.90 Å². The molecule has 1 fully saturated rings. The van der Waals surface area contributed by atoms with Crippen molar-refractivity contribution in [2.75, 3.05) is 17.3 Å². The molecule has 0 spiro atoms. The van der Waals surface area contributed by atoms with Crippen molar-refractivity contribution < 1.29 is 18.7 Å². The Bertz CT molecular complexity index is 1240. The SMILES string of the molecule is COc1ccc(C(=O)Nc2cccc(/C=C3\NC(=S)N(c4ccccc4F)C3=O)c2)cc1. The summed E-state index contributed by atoms with van der Waals surface area (Å²) in [5.41, 5.74) is 1.98. The number of carbonyl (C=O) groups excluding carboxylic acids is 2. The molecule has 2 amide bonds. The van der Waals surface area contributed by atoms with Crippen molar-refractivity contribution in [2.24, 2.45) is 0 Å². The molecule has 160 valence electrons. The maximum atomic E-state index is 14.2. The van der Waals surface area contributed by atoms with E-state index >= 15 is 0 Å². The van der Waals surface area contributed by atoms with Crippen LogP contribution in [0.25, 0.3) is 6.08 Å². The Morgan fingerprint density at radius 3 is 2.56 bits per heavy atom. The van der Waals surface area contributed by atoms with Crippen LogP contribution in [0, 0.1) is 5.82 Å². The fourth-order valence-corrected chi connectivity index (χ4v) is 3.50. The molecule has 4 rings (SSSR count). The predicted octanol–water partition coefficient (Wildman–Crippen LogP) is 4.35. The average Bonchev–Trinajstić information content (AvgIpc) is 3.07. The standard InChI is InChI=1S/C24H18FN3O3S/c1-31-18-11-9-16(10-12-18)22(29)26-17-6-4-5-15(13-17)14-20-23(30)28(24(32)27-20)21-8-3-2-7-19(21)25/h2-14H,1H3,(H,26,29)(H,27,32)/b20-14-. The summed E-state index contributed by atoms with van der Waals surface area (Å²) < 4.78 is 19.3. The fourth-order valence-electron chi connectivity index (χ4n) is 3.21. The quantitative estimate of drug-likeness (QED) is 0.450. The number of ether oxygens (including phenoxy) is 1. The van der Waals surface area contributed by atoms with Gasteiger partial charge in [0.25, 0.3) is 11.8 Å². The van der Waals surface area contributed by atoms with Crippen LogP contribution in [0.15, 0.2) is 78.5 Å². The molecule has 0 bridgehead atoms. The van der Waals surface area contributed by atoms with Crippen LogP contribution in [0.4, 0.5) is 15.8 Å². The van der Waals surface area contributed by atoms with Gasteiger partial charge < -0.3 is 15.4 Å². The molecule has 0 radical (unpaired) electrons. The van der Waals surface area contributed by atoms with Crippen LogP contribution < -0.4 is 20.3 Å². The van der Waals surface area contributed by atoms with Gasteiger partial charge in [-0.1, -0.05) is 24.3 Å². The minimum Gasteiger partial charge on any atom is -0.497 e. The number of carbonyl (C=O) groups is 2. The number of anilines is 2. The smallest absolute Gasteiger partial charge is 0.281 e. The van der Waals surface area contributed by atoms with E-state index in [0.29, 0.717) is 22.6 Å². The van der Waals surface area contributed by atoms with Crippen molar-refractivity contribution in [1.82, 2.24) is 5.32 Å². The minimum atomic E-state index is -0.547. The first kappa shape index (κ1) is 21.2. The molecule has 1 heterocycles. The lowest BCUT2D eigenvalue weighted by atomic mass is 10.1. The van der Waals surface area contributed by atoms with Crippen LogP contribution in [0.3, 0.4) is 0 Å². The third-order valence-electron chi connectivity index (χ3n) is 4.78. The summed E-state index contributed by atoms with van der Waals surface area (Å²) in [6.07, 6.45) is 1.60. The summed E-state index contributed by atoms with van der Waals surface area (Å²) in [6, 6.07) is 19.7. The second kappa shape index (κ2) is 8.99. The molecule has 1 saturated heterocycles. The second-order valence-electron chi connectivity index (χ2n) is 6.89. The Labute approximate surface area is 189 Å². The highest BCUT2D eigenvalue weighted by molar-refractivity contribution is 7.80. The molecule has 3 aromatic carbocycles. The van der Waals surface area contributed by atoms with Crippen molar-refractivity contribution >= 4 is 46.6 Å². The van der Waals surface area contributed by atoms with Gasteiger partial charge in [-0.25, -0.2) is 9.29 Å². The zero-order valence-corrected chi connectivity index (χ0v) is 17.8. The molecule has 0 aromatic heterocycles. The number of benzene rings is 3. The van der Waals surface area contributed by atoms with E-state index in [-0.39, 0.29) is 22.4 Å². The number of thiocarbonyl (C=S) groups is 1. The molecule has 1 aliphatic heterocycles. The van der Waals surface area contributed by atoms with Gasteiger partial charge in [0, 0.05) is 11.3 Å². The van der Waals surface area contributed by atoms with Crippen molar-refractivity contribution in [2.45, 2.75) is 0 Å². The van der Waals surface area contributed by atoms with E-state index in [1.54, 1.807) is 73.8 Å². The van der Waals surface area contributed by atoms with E-state index in [2.05, 4.69) is 10.6 Å². The lowest BCUT2D eigenvalue weighted by Gasteiger charge is -2.14. The van der Waals surface area contributed by atoms with Gasteiger partial charge in [0.15, 0.2) is 5.11 Å². The van der Waals surface area contributed by atoms with E-state index in [1.165, 1.54) is 12.1 Å². The van der Waals surface area contributed by atoms with E-state index < -0.39 is 11.7 Å². The Kier molecular flexibility index (Phi) is 5.96. The van der Waals surface area contributed by atoms with E-state index in [1.807, 2.05) is 0 Å². The third kappa shape index (κ3) is 4.35. The number of amides is 2. The summed E-state index contributed by atoms with van der Waals surface area (Å²) >= 11 is 5.23. The number of nitrogens with one attached hydrogen (secondary N) is 2. The Morgan fingerprint density at radius 2 is 1.84 bits per heavy atom. The highest BCUT2D eigenvalue weighted by Crippen LogP contribution is 2.25. The molecule has 0 unspecified atom stereocenters. The van der Waals surface area contributed by atoms with Gasteiger partial charge in [-0.15, -0.1) is 0 Å². The number of methoxy groups -OCH3 is 1. The van der Waals surface area contributed by atoms with Gasteiger partial charge >= 0.3 is 0 Å². The molecule has 0 atom stereocenters. The van der Waals surface area contributed by atoms with Gasteiger partial charge in [0.05, 0.1) is 12.8 Å². The lowest BCUT2D eigenvalue weighted by molar-refractivity contribution is -0.113. The van der Waals surface area contributed by atoms with Crippen molar-refractivity contribution in [3.05, 3.63) is 95.4 Å². The molecular weight excluding hydrogens is 429 g/mol. The third-order valence-corrected chi connectivity index (χ3v) is 5.06. The first-order chi connectivity index (χ1) is 15.5. The van der Waals surface area contributed by atoms with Crippen LogP contribution in [0.2, 0.25) is 0 Å². The highest BCUT2D eigenvalue weighted by atomic mass is 32.1. The van der Waals surface area contributed by atoms with Crippen LogP contribution in [-0.2, 0) is 4.79 Å². The number of hydrogen-bond donors (Lipinski definition) is 2. The molecule has 0 saturated carbocycles. The topological polar surface area (TPSA) is 70.7 Å². The summed E-state index contributed by atoms with van der Waals surface area (Å²) in [7, 11) is 1.56. The number of para-hydroxylation sites is 1. The maximum absolute atomic E-state index is 14.2. The number of nitrogens with zero attached hydrogens (tertiary/aromatic N) is 1. The van der Waals surface area contributed by atoms with Gasteiger partial charge in [0.1, 0.15) is 17.3 Å². The Balaban J connectivity index is 1.53. The zero-order valence-electron chi connectivity index (χ0n) is 17.0. The van der Waals surface area contributed by atoms with Gasteiger partial charge in [-0.2, -0.15) is 0 Å². The molecule has 3 aromatic rings. The second-order valence-corrected chi connectivity index (χ2v) is 7.27. The van der Waals surface area contributed by atoms with Crippen LogP contribution in [0.1, 0.15) is 15.9 Å². The van der Waals surface area contributed by atoms with Crippen LogP contribution >= 0.6 is 12.2 Å². The fraction of sp³-hybridized carbons (Fsp3) is 0.0417. The first-order valence-electron chi connectivity index (χ1n) is 9.63. The summed E-state index contributed by atoms with van der Waals surface area (Å²) in [5, 5.41) is 5.74. The number of rotatable bonds is 5. The van der Waals surface area contributed by atoms with E-state index in [9.17, 15) is 14.0 Å². The van der Waals surface area contributed by atoms with Gasteiger partial charge in [0.2, 0.25) is 0 Å². The van der Waals surface area contributed by atoms with Crippen LogP contribution in [-0.4, -0.2) is 24.0 Å². The summed E-state index contributed by atoms with van der Waals surface area (Å²) in [5.74, 6) is -0.632. The normalized spacial score (nSPS) is 14.4. The van der Waals surface area contributed by atoms with Gasteiger partial charge in [-0.3, -0.25) is 9.59 Å². The Hall–Kier alpha value is -4.04. The summed E-state index contributed by atoms with van der Waals surface area (Å²) in [4.78, 5) is 26.5. The highest BCUT2D eigenvalue weighted by Gasteiger charge is 2.33. The maximum Gasteiger partial charge on any atom is 0.281 e. The predicted molar refractivity (Wildman–Crippen MR) is 125 cm³/mol.